The van der Waals surface area contributed by atoms with Crippen LogP contribution in [0, 0.1) is 5.92 Å². The molecule has 2 rings (SSSR count). The summed E-state index contributed by atoms with van der Waals surface area (Å²) in [6.07, 6.45) is 1.10. The highest BCUT2D eigenvalue weighted by atomic mass is 16.4. The first kappa shape index (κ1) is 9.45. The number of carbonyl (C=O) groups excluding carboxylic acids is 1. The summed E-state index contributed by atoms with van der Waals surface area (Å²) in [5.41, 5.74) is 0. The second-order valence-corrected chi connectivity index (χ2v) is 3.96. The van der Waals surface area contributed by atoms with E-state index in [0.717, 1.165) is 19.5 Å². The molecule has 1 amide bonds. The lowest BCUT2D eigenvalue weighted by Gasteiger charge is -2.39. The molecule has 0 unspecified atom stereocenters. The fraction of sp³-hybridized carbons (Fsp3) is 0.778. The van der Waals surface area contributed by atoms with Crippen molar-refractivity contribution in [1.29, 1.82) is 0 Å². The monoisotopic (exact) mass is 198 g/mol. The van der Waals surface area contributed by atoms with Gasteiger partial charge in [0.25, 0.3) is 0 Å². The molecule has 0 aromatic heterocycles. The number of likely N-dealkylation sites (tertiary alicyclic amines) is 2. The van der Waals surface area contributed by atoms with E-state index in [4.69, 9.17) is 5.11 Å². The fourth-order valence-electron chi connectivity index (χ4n) is 1.71. The van der Waals surface area contributed by atoms with Crippen molar-refractivity contribution in [1.82, 2.24) is 9.80 Å². The third kappa shape index (κ3) is 1.72. The quantitative estimate of drug-likeness (QED) is 0.647. The van der Waals surface area contributed by atoms with Crippen LogP contribution in [-0.4, -0.2) is 59.5 Å². The van der Waals surface area contributed by atoms with Crippen LogP contribution in [-0.2, 0) is 9.59 Å². The summed E-state index contributed by atoms with van der Waals surface area (Å²) in [5.74, 6) is -0.878. The normalized spacial score (nSPS) is 22.7. The molecule has 0 aliphatic carbocycles. The first-order chi connectivity index (χ1) is 6.66. The van der Waals surface area contributed by atoms with Gasteiger partial charge in [-0.2, -0.15) is 0 Å². The minimum Gasteiger partial charge on any atom is -0.481 e. The minimum atomic E-state index is -0.752. The molecule has 0 radical (unpaired) electrons. The summed E-state index contributed by atoms with van der Waals surface area (Å²) in [5, 5.41) is 8.63. The van der Waals surface area contributed by atoms with Crippen LogP contribution in [0.25, 0.3) is 0 Å². The second-order valence-electron chi connectivity index (χ2n) is 3.96. The van der Waals surface area contributed by atoms with Crippen LogP contribution in [0.5, 0.6) is 0 Å². The maximum absolute atomic E-state index is 11.4. The van der Waals surface area contributed by atoms with Crippen LogP contribution in [0.1, 0.15) is 6.42 Å². The van der Waals surface area contributed by atoms with Crippen molar-refractivity contribution in [2.75, 3.05) is 32.7 Å². The van der Waals surface area contributed by atoms with Gasteiger partial charge in [-0.3, -0.25) is 14.5 Å². The zero-order valence-corrected chi connectivity index (χ0v) is 7.98. The lowest BCUT2D eigenvalue weighted by atomic mass is 10.0. The summed E-state index contributed by atoms with van der Waals surface area (Å²) in [6, 6.07) is 0. The van der Waals surface area contributed by atoms with E-state index in [-0.39, 0.29) is 11.8 Å². The zero-order valence-electron chi connectivity index (χ0n) is 7.98. The minimum absolute atomic E-state index is 0.139. The van der Waals surface area contributed by atoms with Gasteiger partial charge in [-0.25, -0.2) is 0 Å². The van der Waals surface area contributed by atoms with Gasteiger partial charge in [-0.05, 0) is 6.42 Å². The molecule has 0 saturated carbocycles. The molecular weight excluding hydrogens is 184 g/mol. The van der Waals surface area contributed by atoms with Crippen molar-refractivity contribution in [3.63, 3.8) is 0 Å². The van der Waals surface area contributed by atoms with Gasteiger partial charge < -0.3 is 10.0 Å². The topological polar surface area (TPSA) is 60.9 Å². The number of carbonyl (C=O) groups is 2. The summed E-state index contributed by atoms with van der Waals surface area (Å²) < 4.78 is 0. The number of hydrogen-bond donors (Lipinski definition) is 1. The number of carboxylic acids is 1. The SMILES string of the molecule is O=C(O)C1CN(CC(=O)N2CCC2)C1. The van der Waals surface area contributed by atoms with Gasteiger partial charge in [0.1, 0.15) is 0 Å². The molecule has 2 saturated heterocycles. The molecule has 2 aliphatic heterocycles. The fourth-order valence-corrected chi connectivity index (χ4v) is 1.71. The van der Waals surface area contributed by atoms with Crippen molar-refractivity contribution in [2.45, 2.75) is 6.42 Å². The highest BCUT2D eigenvalue weighted by Crippen LogP contribution is 2.16. The molecule has 2 aliphatic rings. The Bertz CT molecular complexity index is 257. The van der Waals surface area contributed by atoms with Crippen molar-refractivity contribution in [3.05, 3.63) is 0 Å². The van der Waals surface area contributed by atoms with Gasteiger partial charge in [0.2, 0.25) is 5.91 Å². The van der Waals surface area contributed by atoms with Crippen LogP contribution in [0.2, 0.25) is 0 Å². The highest BCUT2D eigenvalue weighted by Gasteiger charge is 2.34. The molecule has 0 aromatic carbocycles. The lowest BCUT2D eigenvalue weighted by molar-refractivity contribution is -0.150. The van der Waals surface area contributed by atoms with Crippen LogP contribution >= 0.6 is 0 Å². The number of hydrogen-bond acceptors (Lipinski definition) is 3. The molecule has 0 spiro atoms. The Morgan fingerprint density at radius 2 is 1.93 bits per heavy atom. The van der Waals surface area contributed by atoms with Crippen molar-refractivity contribution in [3.8, 4) is 0 Å². The largest absolute Gasteiger partial charge is 0.481 e. The average Bonchev–Trinajstić information content (AvgIpc) is 1.91. The van der Waals surface area contributed by atoms with Crippen LogP contribution in [0.4, 0.5) is 0 Å². The van der Waals surface area contributed by atoms with Gasteiger partial charge in [0, 0.05) is 26.2 Å². The first-order valence-electron chi connectivity index (χ1n) is 4.90. The van der Waals surface area contributed by atoms with E-state index in [0.29, 0.717) is 19.6 Å². The van der Waals surface area contributed by atoms with Gasteiger partial charge in [0.15, 0.2) is 0 Å². The Morgan fingerprint density at radius 1 is 1.29 bits per heavy atom. The van der Waals surface area contributed by atoms with Crippen molar-refractivity contribution in [2.24, 2.45) is 5.92 Å². The zero-order chi connectivity index (χ0) is 10.1. The van der Waals surface area contributed by atoms with Crippen LogP contribution in [0.15, 0.2) is 0 Å². The smallest absolute Gasteiger partial charge is 0.309 e. The Balaban J connectivity index is 1.68. The number of aliphatic carboxylic acids is 1. The summed E-state index contributed by atoms with van der Waals surface area (Å²) >= 11 is 0. The van der Waals surface area contributed by atoms with E-state index in [9.17, 15) is 9.59 Å². The summed E-state index contributed by atoms with van der Waals surface area (Å²) in [7, 11) is 0. The standard InChI is InChI=1S/C9H14N2O3/c12-8(11-2-1-3-11)6-10-4-7(5-10)9(13)14/h7H,1-6H2,(H,13,14). The van der Waals surface area contributed by atoms with E-state index >= 15 is 0 Å². The van der Waals surface area contributed by atoms with E-state index < -0.39 is 5.97 Å². The van der Waals surface area contributed by atoms with Crippen LogP contribution < -0.4 is 0 Å². The predicted octanol–water partition coefficient (Wildman–Crippen LogP) is -0.765. The number of rotatable bonds is 3. The molecule has 0 bridgehead atoms. The molecule has 78 valence electrons. The molecule has 1 N–H and O–H groups in total. The highest BCUT2D eigenvalue weighted by molar-refractivity contribution is 5.79. The van der Waals surface area contributed by atoms with Gasteiger partial charge in [-0.1, -0.05) is 0 Å². The molecule has 5 heteroatoms. The summed E-state index contributed by atoms with van der Waals surface area (Å²) in [6.45, 7) is 3.18. The predicted molar refractivity (Wildman–Crippen MR) is 48.8 cm³/mol. The molecule has 5 nitrogen and oxygen atoms in total. The Hall–Kier alpha value is -1.10. The maximum Gasteiger partial charge on any atom is 0.309 e. The molecule has 0 atom stereocenters. The van der Waals surface area contributed by atoms with E-state index in [2.05, 4.69) is 0 Å². The maximum atomic E-state index is 11.4. The summed E-state index contributed by atoms with van der Waals surface area (Å²) in [4.78, 5) is 25.6. The average molecular weight is 198 g/mol. The van der Waals surface area contributed by atoms with E-state index in [1.165, 1.54) is 0 Å². The second kappa shape index (κ2) is 3.57. The van der Waals surface area contributed by atoms with E-state index in [1.54, 1.807) is 0 Å². The Morgan fingerprint density at radius 3 is 2.36 bits per heavy atom. The molecular formula is C9H14N2O3. The molecule has 2 fully saturated rings. The number of nitrogens with zero attached hydrogens (tertiary/aromatic N) is 2. The first-order valence-corrected chi connectivity index (χ1v) is 4.90. The van der Waals surface area contributed by atoms with Gasteiger partial charge in [0.05, 0.1) is 12.5 Å². The third-order valence-corrected chi connectivity index (χ3v) is 2.87. The van der Waals surface area contributed by atoms with Crippen molar-refractivity contribution < 1.29 is 14.7 Å². The number of amides is 1. The third-order valence-electron chi connectivity index (χ3n) is 2.87. The Labute approximate surface area is 82.3 Å². The Kier molecular flexibility index (Phi) is 2.41. The molecule has 0 aromatic rings. The van der Waals surface area contributed by atoms with E-state index in [1.807, 2.05) is 9.80 Å². The van der Waals surface area contributed by atoms with Crippen molar-refractivity contribution >= 4 is 11.9 Å². The van der Waals surface area contributed by atoms with Gasteiger partial charge >= 0.3 is 5.97 Å². The molecule has 2 heterocycles. The molecule has 14 heavy (non-hydrogen) atoms. The van der Waals surface area contributed by atoms with Crippen LogP contribution in [0.3, 0.4) is 0 Å². The number of carboxylic acid groups (broad SMARTS) is 1. The lowest BCUT2D eigenvalue weighted by Crippen LogP contribution is -2.55. The van der Waals surface area contributed by atoms with Gasteiger partial charge in [-0.15, -0.1) is 0 Å².